The van der Waals surface area contributed by atoms with Gasteiger partial charge in [-0.1, -0.05) is 33.6 Å². The first-order valence-corrected chi connectivity index (χ1v) is 9.50. The van der Waals surface area contributed by atoms with Crippen LogP contribution < -0.4 is 5.32 Å². The van der Waals surface area contributed by atoms with E-state index < -0.39 is 5.54 Å². The van der Waals surface area contributed by atoms with Gasteiger partial charge < -0.3 is 10.2 Å². The molecule has 25 heavy (non-hydrogen) atoms. The molecule has 0 aromatic carbocycles. The molecule has 140 valence electrons. The van der Waals surface area contributed by atoms with Crippen LogP contribution >= 0.6 is 0 Å². The highest BCUT2D eigenvalue weighted by Crippen LogP contribution is 2.38. The molecule has 2 aliphatic heterocycles. The second-order valence-corrected chi connectivity index (χ2v) is 8.02. The second-order valence-electron chi connectivity index (χ2n) is 8.02. The van der Waals surface area contributed by atoms with Crippen molar-refractivity contribution in [3.05, 3.63) is 0 Å². The summed E-state index contributed by atoms with van der Waals surface area (Å²) in [6.07, 6.45) is 3.83. The summed E-state index contributed by atoms with van der Waals surface area (Å²) >= 11 is 0. The van der Waals surface area contributed by atoms with E-state index in [1.54, 1.807) is 0 Å². The summed E-state index contributed by atoms with van der Waals surface area (Å²) in [5.74, 6) is 0.295. The maximum Gasteiger partial charge on any atom is 0.326 e. The van der Waals surface area contributed by atoms with E-state index in [9.17, 15) is 14.4 Å². The highest BCUT2D eigenvalue weighted by Gasteiger charge is 2.55. The fraction of sp³-hybridized carbons (Fsp3) is 0.833. The van der Waals surface area contributed by atoms with Crippen LogP contribution in [0.2, 0.25) is 0 Å². The topological polar surface area (TPSA) is 73.0 Å². The van der Waals surface area contributed by atoms with E-state index >= 15 is 0 Å². The number of nitrogens with zero attached hydrogens (tertiary/aromatic N) is 3. The molecule has 3 aliphatic rings. The number of amides is 4. The van der Waals surface area contributed by atoms with E-state index in [1.807, 2.05) is 18.7 Å². The summed E-state index contributed by atoms with van der Waals surface area (Å²) < 4.78 is 0. The van der Waals surface area contributed by atoms with Crippen molar-refractivity contribution in [3.8, 4) is 0 Å². The van der Waals surface area contributed by atoms with Gasteiger partial charge in [0.2, 0.25) is 5.91 Å². The number of piperazine rings is 1. The van der Waals surface area contributed by atoms with E-state index in [-0.39, 0.29) is 29.7 Å². The molecule has 1 aliphatic carbocycles. The van der Waals surface area contributed by atoms with E-state index in [4.69, 9.17) is 0 Å². The normalized spacial score (nSPS) is 31.1. The van der Waals surface area contributed by atoms with Crippen LogP contribution in [0.4, 0.5) is 4.79 Å². The van der Waals surface area contributed by atoms with Gasteiger partial charge in [0, 0.05) is 32.1 Å². The minimum Gasteiger partial charge on any atom is -0.340 e. The smallest absolute Gasteiger partial charge is 0.326 e. The Kier molecular flexibility index (Phi) is 5.04. The summed E-state index contributed by atoms with van der Waals surface area (Å²) in [6.45, 7) is 8.90. The molecule has 1 spiro atoms. The molecule has 2 heterocycles. The Morgan fingerprint density at radius 3 is 2.48 bits per heavy atom. The number of imide groups is 1. The maximum absolute atomic E-state index is 13.0. The van der Waals surface area contributed by atoms with Crippen LogP contribution in [0.25, 0.3) is 0 Å². The first-order valence-electron chi connectivity index (χ1n) is 9.50. The first-order chi connectivity index (χ1) is 11.8. The lowest BCUT2D eigenvalue weighted by molar-refractivity contribution is -0.139. The fourth-order valence-corrected chi connectivity index (χ4v) is 4.30. The largest absolute Gasteiger partial charge is 0.340 e. The summed E-state index contributed by atoms with van der Waals surface area (Å²) in [4.78, 5) is 42.8. The van der Waals surface area contributed by atoms with Crippen LogP contribution in [0.1, 0.15) is 46.5 Å². The molecule has 0 aromatic heterocycles. The number of carbonyl (C=O) groups is 3. The number of carbonyl (C=O) groups excluding carboxylic acids is 3. The van der Waals surface area contributed by atoms with Crippen LogP contribution in [0.5, 0.6) is 0 Å². The lowest BCUT2D eigenvalue weighted by Crippen LogP contribution is -2.55. The van der Waals surface area contributed by atoms with Crippen LogP contribution in [-0.2, 0) is 9.59 Å². The third-order valence-electron chi connectivity index (χ3n) is 6.02. The summed E-state index contributed by atoms with van der Waals surface area (Å²) in [5.41, 5.74) is -0.690. The van der Waals surface area contributed by atoms with E-state index in [0.29, 0.717) is 32.8 Å². The fourth-order valence-electron chi connectivity index (χ4n) is 4.30. The van der Waals surface area contributed by atoms with Gasteiger partial charge in [-0.3, -0.25) is 14.5 Å². The molecule has 2 saturated heterocycles. The van der Waals surface area contributed by atoms with Gasteiger partial charge in [-0.05, 0) is 18.8 Å². The molecule has 3 rings (SSSR count). The van der Waals surface area contributed by atoms with Crippen molar-refractivity contribution >= 4 is 17.8 Å². The Hall–Kier alpha value is -1.63. The molecule has 3 fully saturated rings. The predicted octanol–water partition coefficient (Wildman–Crippen LogP) is 1.24. The van der Waals surface area contributed by atoms with Crippen LogP contribution in [-0.4, -0.2) is 70.9 Å². The molecule has 0 bridgehead atoms. The number of nitrogens with one attached hydrogen (secondary N) is 1. The van der Waals surface area contributed by atoms with Gasteiger partial charge in [-0.15, -0.1) is 0 Å². The molecular weight excluding hydrogens is 320 g/mol. The SMILES string of the molecule is CC(C)C(=O)N1CCN(CN2C(=O)N[C@@]3(CCCC[C@@H]3C)C2=O)CC1. The summed E-state index contributed by atoms with van der Waals surface area (Å²) in [7, 11) is 0. The van der Waals surface area contributed by atoms with Gasteiger partial charge in [0.15, 0.2) is 0 Å². The average Bonchev–Trinajstić information content (AvgIpc) is 2.82. The summed E-state index contributed by atoms with van der Waals surface area (Å²) in [6, 6.07) is -0.264. The zero-order valence-electron chi connectivity index (χ0n) is 15.6. The van der Waals surface area contributed by atoms with Gasteiger partial charge >= 0.3 is 6.03 Å². The number of rotatable bonds is 3. The minimum absolute atomic E-state index is 0.00475. The van der Waals surface area contributed by atoms with Crippen molar-refractivity contribution in [2.24, 2.45) is 11.8 Å². The van der Waals surface area contributed by atoms with Gasteiger partial charge in [0.25, 0.3) is 5.91 Å². The molecule has 4 amide bonds. The lowest BCUT2D eigenvalue weighted by atomic mass is 9.73. The molecule has 2 atom stereocenters. The monoisotopic (exact) mass is 350 g/mol. The standard InChI is InChI=1S/C18H30N4O3/c1-13(2)15(23)21-10-8-20(9-11-21)12-22-16(24)18(19-17(22)25)7-5-4-6-14(18)3/h13-14H,4-12H2,1-3H3,(H,19,25)/t14-,18+/m0/s1. The number of hydrogen-bond acceptors (Lipinski definition) is 4. The highest BCUT2D eigenvalue weighted by molar-refractivity contribution is 6.07. The maximum atomic E-state index is 13.0. The molecule has 7 heteroatoms. The van der Waals surface area contributed by atoms with E-state index in [0.717, 1.165) is 25.7 Å². The molecule has 0 unspecified atom stereocenters. The van der Waals surface area contributed by atoms with Gasteiger partial charge in [-0.2, -0.15) is 0 Å². The van der Waals surface area contributed by atoms with Crippen molar-refractivity contribution in [1.29, 1.82) is 0 Å². The van der Waals surface area contributed by atoms with Crippen molar-refractivity contribution in [2.75, 3.05) is 32.8 Å². The predicted molar refractivity (Wildman–Crippen MR) is 93.6 cm³/mol. The Morgan fingerprint density at radius 1 is 1.20 bits per heavy atom. The molecule has 1 N–H and O–H groups in total. The quantitative estimate of drug-likeness (QED) is 0.778. The Morgan fingerprint density at radius 2 is 1.88 bits per heavy atom. The molecule has 0 radical (unpaired) electrons. The van der Waals surface area contributed by atoms with Crippen LogP contribution in [0, 0.1) is 11.8 Å². The van der Waals surface area contributed by atoms with Crippen molar-refractivity contribution in [1.82, 2.24) is 20.0 Å². The van der Waals surface area contributed by atoms with Crippen LogP contribution in [0.3, 0.4) is 0 Å². The summed E-state index contributed by atoms with van der Waals surface area (Å²) in [5, 5.41) is 3.00. The average molecular weight is 350 g/mol. The van der Waals surface area contributed by atoms with E-state index in [1.165, 1.54) is 4.90 Å². The van der Waals surface area contributed by atoms with Gasteiger partial charge in [0.1, 0.15) is 5.54 Å². The van der Waals surface area contributed by atoms with Gasteiger partial charge in [-0.25, -0.2) is 9.69 Å². The Bertz CT molecular complexity index is 557. The highest BCUT2D eigenvalue weighted by atomic mass is 16.2. The Balaban J connectivity index is 1.60. The second kappa shape index (κ2) is 6.94. The third kappa shape index (κ3) is 3.26. The van der Waals surface area contributed by atoms with Crippen molar-refractivity contribution < 1.29 is 14.4 Å². The van der Waals surface area contributed by atoms with E-state index in [2.05, 4.69) is 17.1 Å². The first kappa shape index (κ1) is 18.2. The zero-order chi connectivity index (χ0) is 18.2. The third-order valence-corrected chi connectivity index (χ3v) is 6.02. The Labute approximate surface area is 149 Å². The van der Waals surface area contributed by atoms with Crippen molar-refractivity contribution in [3.63, 3.8) is 0 Å². The van der Waals surface area contributed by atoms with Gasteiger partial charge in [0.05, 0.1) is 6.67 Å². The number of urea groups is 1. The lowest BCUT2D eigenvalue weighted by Gasteiger charge is -2.38. The molecular formula is C18H30N4O3. The molecule has 1 saturated carbocycles. The van der Waals surface area contributed by atoms with Crippen molar-refractivity contribution in [2.45, 2.75) is 52.0 Å². The molecule has 0 aromatic rings. The number of hydrogen-bond donors (Lipinski definition) is 1. The van der Waals surface area contributed by atoms with Crippen LogP contribution in [0.15, 0.2) is 0 Å². The minimum atomic E-state index is -0.690. The zero-order valence-corrected chi connectivity index (χ0v) is 15.6. The molecule has 7 nitrogen and oxygen atoms in total.